The van der Waals surface area contributed by atoms with Crippen LogP contribution in [0, 0.1) is 6.92 Å². The van der Waals surface area contributed by atoms with E-state index in [1.165, 1.54) is 5.56 Å². The highest BCUT2D eigenvalue weighted by molar-refractivity contribution is 5.52. The van der Waals surface area contributed by atoms with Gasteiger partial charge in [-0.15, -0.1) is 0 Å². The molecule has 1 nitrogen and oxygen atoms in total. The van der Waals surface area contributed by atoms with Crippen LogP contribution in [0.15, 0.2) is 49.0 Å². The van der Waals surface area contributed by atoms with Gasteiger partial charge in [-0.1, -0.05) is 43.8 Å². The van der Waals surface area contributed by atoms with E-state index < -0.39 is 0 Å². The van der Waals surface area contributed by atoms with Gasteiger partial charge in [-0.3, -0.25) is 0 Å². The van der Waals surface area contributed by atoms with Crippen molar-refractivity contribution in [2.45, 2.75) is 20.3 Å². The lowest BCUT2D eigenvalue weighted by atomic mass is 10.1. The molecule has 92 valence electrons. The Kier molecular flexibility index (Phi) is 3.83. The molecule has 2 rings (SSSR count). The molecule has 0 saturated carbocycles. The predicted molar refractivity (Wildman–Crippen MR) is 77.2 cm³/mol. The van der Waals surface area contributed by atoms with Crippen LogP contribution in [0.3, 0.4) is 0 Å². The summed E-state index contributed by atoms with van der Waals surface area (Å²) >= 11 is 0. The third kappa shape index (κ3) is 2.62. The monoisotopic (exact) mass is 238 g/mol. The minimum Gasteiger partial charge on any atom is -0.457 e. The quantitative estimate of drug-likeness (QED) is 0.729. The minimum absolute atomic E-state index is 0.915. The molecule has 0 aliphatic heterocycles. The maximum atomic E-state index is 6.00. The zero-order chi connectivity index (χ0) is 13.0. The fourth-order valence-corrected chi connectivity index (χ4v) is 1.89. The lowest BCUT2D eigenvalue weighted by Gasteiger charge is -2.12. The van der Waals surface area contributed by atoms with Crippen LogP contribution >= 0.6 is 0 Å². The van der Waals surface area contributed by atoms with Crippen LogP contribution in [0.2, 0.25) is 0 Å². The van der Waals surface area contributed by atoms with Crippen molar-refractivity contribution in [1.29, 1.82) is 0 Å². The Balaban J connectivity index is 2.34. The summed E-state index contributed by atoms with van der Waals surface area (Å²) in [6.07, 6.45) is 2.81. The molecule has 0 N–H and O–H groups in total. The third-order valence-electron chi connectivity index (χ3n) is 3.01. The van der Waals surface area contributed by atoms with Crippen LogP contribution in [-0.2, 0) is 6.42 Å². The summed E-state index contributed by atoms with van der Waals surface area (Å²) in [5.74, 6) is 1.84. The molecule has 18 heavy (non-hydrogen) atoms. The van der Waals surface area contributed by atoms with Gasteiger partial charge in [0.15, 0.2) is 0 Å². The molecule has 0 heterocycles. The molecule has 0 aliphatic rings. The molecule has 0 radical (unpaired) electrons. The number of para-hydroxylation sites is 1. The summed E-state index contributed by atoms with van der Waals surface area (Å²) in [5, 5.41) is 0. The topological polar surface area (TPSA) is 9.23 Å². The van der Waals surface area contributed by atoms with Crippen LogP contribution in [0.4, 0.5) is 0 Å². The molecule has 0 bridgehead atoms. The Morgan fingerprint density at radius 1 is 1.11 bits per heavy atom. The van der Waals surface area contributed by atoms with E-state index in [1.54, 1.807) is 0 Å². The van der Waals surface area contributed by atoms with E-state index in [-0.39, 0.29) is 0 Å². The molecule has 0 saturated heterocycles. The zero-order valence-electron chi connectivity index (χ0n) is 10.9. The van der Waals surface area contributed by atoms with Crippen LogP contribution < -0.4 is 4.74 Å². The van der Waals surface area contributed by atoms with Crippen molar-refractivity contribution in [2.75, 3.05) is 0 Å². The first-order chi connectivity index (χ1) is 8.74. The van der Waals surface area contributed by atoms with E-state index in [4.69, 9.17) is 4.74 Å². The first kappa shape index (κ1) is 12.4. The van der Waals surface area contributed by atoms with Crippen LogP contribution in [0.25, 0.3) is 6.08 Å². The Morgan fingerprint density at radius 2 is 1.89 bits per heavy atom. The van der Waals surface area contributed by atoms with Crippen molar-refractivity contribution >= 4 is 6.08 Å². The number of benzene rings is 2. The van der Waals surface area contributed by atoms with Crippen LogP contribution in [0.1, 0.15) is 23.6 Å². The number of ether oxygens (including phenoxy) is 1. The van der Waals surface area contributed by atoms with Crippen LogP contribution in [0.5, 0.6) is 11.5 Å². The fourth-order valence-electron chi connectivity index (χ4n) is 1.89. The fraction of sp³-hybridized carbons (Fsp3) is 0.176. The second-order valence-corrected chi connectivity index (χ2v) is 4.29. The standard InChI is InChI=1S/C17H18O/c1-4-14-10-11-17(15(5-2)12-14)18-16-9-7-6-8-13(16)3/h4,6-12H,1,5H2,2-3H3. The first-order valence-electron chi connectivity index (χ1n) is 6.23. The maximum Gasteiger partial charge on any atom is 0.130 e. The molecule has 0 aliphatic carbocycles. The first-order valence-corrected chi connectivity index (χ1v) is 6.23. The molecule has 2 aromatic rings. The highest BCUT2D eigenvalue weighted by Crippen LogP contribution is 2.29. The molecule has 0 atom stereocenters. The van der Waals surface area contributed by atoms with Gasteiger partial charge >= 0.3 is 0 Å². The van der Waals surface area contributed by atoms with Gasteiger partial charge in [0.25, 0.3) is 0 Å². The number of aryl methyl sites for hydroxylation is 2. The molecular formula is C17H18O. The van der Waals surface area contributed by atoms with Crippen molar-refractivity contribution < 1.29 is 4.74 Å². The van der Waals surface area contributed by atoms with Gasteiger partial charge < -0.3 is 4.74 Å². The predicted octanol–water partition coefficient (Wildman–Crippen LogP) is 4.99. The highest BCUT2D eigenvalue weighted by atomic mass is 16.5. The second kappa shape index (κ2) is 5.54. The third-order valence-corrected chi connectivity index (χ3v) is 3.01. The van der Waals surface area contributed by atoms with Gasteiger partial charge in [0.2, 0.25) is 0 Å². The molecule has 2 aromatic carbocycles. The Bertz CT molecular complexity index is 555. The molecule has 0 spiro atoms. The van der Waals surface area contributed by atoms with Crippen molar-refractivity contribution in [3.05, 3.63) is 65.7 Å². The van der Waals surface area contributed by atoms with Gasteiger partial charge in [0, 0.05) is 0 Å². The van der Waals surface area contributed by atoms with Gasteiger partial charge in [-0.2, -0.15) is 0 Å². The molecule has 0 amide bonds. The Morgan fingerprint density at radius 3 is 2.56 bits per heavy atom. The normalized spacial score (nSPS) is 10.1. The van der Waals surface area contributed by atoms with Crippen molar-refractivity contribution in [1.82, 2.24) is 0 Å². The lowest BCUT2D eigenvalue weighted by Crippen LogP contribution is -1.92. The lowest BCUT2D eigenvalue weighted by molar-refractivity contribution is 0.473. The van der Waals surface area contributed by atoms with Crippen LogP contribution in [-0.4, -0.2) is 0 Å². The van der Waals surface area contributed by atoms with E-state index in [0.717, 1.165) is 29.0 Å². The Hall–Kier alpha value is -2.02. The second-order valence-electron chi connectivity index (χ2n) is 4.29. The van der Waals surface area contributed by atoms with Gasteiger partial charge in [-0.05, 0) is 48.2 Å². The molecule has 0 aromatic heterocycles. The summed E-state index contributed by atoms with van der Waals surface area (Å²) in [6, 6.07) is 14.2. The van der Waals surface area contributed by atoms with E-state index in [2.05, 4.69) is 32.6 Å². The van der Waals surface area contributed by atoms with E-state index in [1.807, 2.05) is 36.4 Å². The minimum atomic E-state index is 0.915. The van der Waals surface area contributed by atoms with Gasteiger partial charge in [-0.25, -0.2) is 0 Å². The summed E-state index contributed by atoms with van der Waals surface area (Å²) < 4.78 is 6.00. The summed E-state index contributed by atoms with van der Waals surface area (Å²) in [7, 11) is 0. The Labute approximate surface area is 109 Å². The highest BCUT2D eigenvalue weighted by Gasteiger charge is 2.05. The van der Waals surface area contributed by atoms with Crippen molar-refractivity contribution in [3.8, 4) is 11.5 Å². The molecule has 0 fully saturated rings. The average molecular weight is 238 g/mol. The average Bonchev–Trinajstić information content (AvgIpc) is 2.41. The van der Waals surface area contributed by atoms with Crippen molar-refractivity contribution in [3.63, 3.8) is 0 Å². The SMILES string of the molecule is C=Cc1ccc(Oc2ccccc2C)c(CC)c1. The molecular weight excluding hydrogens is 220 g/mol. The summed E-state index contributed by atoms with van der Waals surface area (Å²) in [5.41, 5.74) is 3.48. The maximum absolute atomic E-state index is 6.00. The number of hydrogen-bond donors (Lipinski definition) is 0. The smallest absolute Gasteiger partial charge is 0.130 e. The van der Waals surface area contributed by atoms with Gasteiger partial charge in [0.1, 0.15) is 11.5 Å². The number of hydrogen-bond acceptors (Lipinski definition) is 1. The summed E-state index contributed by atoms with van der Waals surface area (Å²) in [6.45, 7) is 7.98. The van der Waals surface area contributed by atoms with Crippen molar-refractivity contribution in [2.24, 2.45) is 0 Å². The van der Waals surface area contributed by atoms with E-state index in [9.17, 15) is 0 Å². The van der Waals surface area contributed by atoms with E-state index in [0.29, 0.717) is 0 Å². The summed E-state index contributed by atoms with van der Waals surface area (Å²) in [4.78, 5) is 0. The largest absolute Gasteiger partial charge is 0.457 e. The number of rotatable bonds is 4. The van der Waals surface area contributed by atoms with E-state index >= 15 is 0 Å². The molecule has 0 unspecified atom stereocenters. The zero-order valence-corrected chi connectivity index (χ0v) is 10.9. The molecule has 1 heteroatoms. The van der Waals surface area contributed by atoms with Gasteiger partial charge in [0.05, 0.1) is 0 Å².